The van der Waals surface area contributed by atoms with Gasteiger partial charge in [0.2, 0.25) is 0 Å². The van der Waals surface area contributed by atoms with E-state index in [1.165, 1.54) is 0 Å². The van der Waals surface area contributed by atoms with Crippen LogP contribution in [0.5, 0.6) is 5.75 Å². The number of ketones is 1. The van der Waals surface area contributed by atoms with Crippen LogP contribution in [0.2, 0.25) is 0 Å². The van der Waals surface area contributed by atoms with E-state index in [0.717, 1.165) is 24.0 Å². The number of aryl methyl sites for hydroxylation is 1. The Morgan fingerprint density at radius 3 is 2.85 bits per heavy atom. The Hall–Kier alpha value is -1.84. The molecule has 1 aromatic rings. The van der Waals surface area contributed by atoms with Gasteiger partial charge in [0.1, 0.15) is 5.75 Å². The summed E-state index contributed by atoms with van der Waals surface area (Å²) >= 11 is 0. The second-order valence-electron chi connectivity index (χ2n) is 5.83. The quantitative estimate of drug-likeness (QED) is 0.916. The van der Waals surface area contributed by atoms with Crippen LogP contribution in [0, 0.1) is 6.92 Å². The minimum absolute atomic E-state index is 0.0202. The van der Waals surface area contributed by atoms with Crippen molar-refractivity contribution in [3.8, 4) is 5.75 Å². The number of nitrogens with one attached hydrogen (secondary N) is 1. The Bertz CT molecular complexity index is 575. The van der Waals surface area contributed by atoms with Gasteiger partial charge < -0.3 is 10.1 Å². The Kier molecular flexibility index (Phi) is 3.24. The first-order valence-electron chi connectivity index (χ1n) is 7.15. The molecule has 0 aromatic heterocycles. The van der Waals surface area contributed by atoms with Crippen LogP contribution in [0.3, 0.4) is 0 Å². The molecule has 1 N–H and O–H groups in total. The average Bonchev–Trinajstić information content (AvgIpc) is 3.14. The molecule has 0 heterocycles. The van der Waals surface area contributed by atoms with Gasteiger partial charge in [0, 0.05) is 12.5 Å². The first-order valence-corrected chi connectivity index (χ1v) is 7.15. The van der Waals surface area contributed by atoms with Crippen molar-refractivity contribution in [2.75, 3.05) is 6.61 Å². The third-order valence-corrected chi connectivity index (χ3v) is 3.99. The van der Waals surface area contributed by atoms with Gasteiger partial charge in [-0.25, -0.2) is 0 Å². The van der Waals surface area contributed by atoms with Gasteiger partial charge in [0.25, 0.3) is 5.91 Å². The summed E-state index contributed by atoms with van der Waals surface area (Å²) in [7, 11) is 0. The molecule has 3 rings (SSSR count). The smallest absolute Gasteiger partial charge is 0.258 e. The molecule has 0 bridgehead atoms. The minimum atomic E-state index is -0.111. The standard InChI is InChI=1S/C16H19NO3/c1-9-3-6-13(16-12(18)7-10(2)15(9)16)20-8-14(19)17-11-4-5-11/h3,6,10-11H,4-5,7-8H2,1-2H3,(H,17,19)/t10-/m1/s1. The maximum atomic E-state index is 12.1. The zero-order valence-electron chi connectivity index (χ0n) is 11.9. The van der Waals surface area contributed by atoms with E-state index in [1.54, 1.807) is 6.07 Å². The Morgan fingerprint density at radius 2 is 2.15 bits per heavy atom. The highest BCUT2D eigenvalue weighted by Crippen LogP contribution is 2.40. The van der Waals surface area contributed by atoms with E-state index in [4.69, 9.17) is 4.74 Å². The van der Waals surface area contributed by atoms with Crippen molar-refractivity contribution in [1.29, 1.82) is 0 Å². The maximum absolute atomic E-state index is 12.1. The summed E-state index contributed by atoms with van der Waals surface area (Å²) in [4.78, 5) is 23.8. The molecule has 2 aliphatic rings. The predicted octanol–water partition coefficient (Wildman–Crippen LogP) is 2.34. The number of hydrogen-bond donors (Lipinski definition) is 1. The molecule has 2 aliphatic carbocycles. The molecule has 0 spiro atoms. The number of carbonyl (C=O) groups is 2. The molecular formula is C16H19NO3. The van der Waals surface area contributed by atoms with E-state index < -0.39 is 0 Å². The van der Waals surface area contributed by atoms with Gasteiger partial charge in [-0.2, -0.15) is 0 Å². The minimum Gasteiger partial charge on any atom is -0.483 e. The van der Waals surface area contributed by atoms with Crippen molar-refractivity contribution in [3.63, 3.8) is 0 Å². The van der Waals surface area contributed by atoms with Crippen LogP contribution in [0.4, 0.5) is 0 Å². The van der Waals surface area contributed by atoms with Gasteiger partial charge in [-0.3, -0.25) is 9.59 Å². The monoisotopic (exact) mass is 273 g/mol. The zero-order chi connectivity index (χ0) is 14.3. The van der Waals surface area contributed by atoms with Crippen molar-refractivity contribution < 1.29 is 14.3 Å². The Balaban J connectivity index is 1.77. The van der Waals surface area contributed by atoms with E-state index in [2.05, 4.69) is 12.2 Å². The van der Waals surface area contributed by atoms with Crippen molar-refractivity contribution >= 4 is 11.7 Å². The molecule has 1 aromatic carbocycles. The molecule has 0 unspecified atom stereocenters. The molecule has 20 heavy (non-hydrogen) atoms. The lowest BCUT2D eigenvalue weighted by Gasteiger charge is -2.13. The summed E-state index contributed by atoms with van der Waals surface area (Å²) in [6.07, 6.45) is 2.65. The van der Waals surface area contributed by atoms with Crippen molar-refractivity contribution in [2.24, 2.45) is 0 Å². The lowest BCUT2D eigenvalue weighted by atomic mass is 9.97. The number of Topliss-reactive ketones (excluding diaryl/α,β-unsaturated/α-hetero) is 1. The number of amides is 1. The average molecular weight is 273 g/mol. The van der Waals surface area contributed by atoms with Crippen LogP contribution in [0.25, 0.3) is 0 Å². The highest BCUT2D eigenvalue weighted by Gasteiger charge is 2.31. The van der Waals surface area contributed by atoms with Crippen molar-refractivity contribution in [3.05, 3.63) is 28.8 Å². The molecule has 0 aliphatic heterocycles. The Morgan fingerprint density at radius 1 is 1.40 bits per heavy atom. The molecule has 0 radical (unpaired) electrons. The fraction of sp³-hybridized carbons (Fsp3) is 0.500. The normalized spacial score (nSPS) is 20.7. The molecule has 1 amide bonds. The summed E-state index contributed by atoms with van der Waals surface area (Å²) < 4.78 is 5.58. The summed E-state index contributed by atoms with van der Waals surface area (Å²) in [6.45, 7) is 4.05. The first-order chi connectivity index (χ1) is 9.56. The number of rotatable bonds is 4. The van der Waals surface area contributed by atoms with Crippen LogP contribution in [0.15, 0.2) is 12.1 Å². The van der Waals surface area contributed by atoms with Gasteiger partial charge in [-0.15, -0.1) is 0 Å². The number of hydrogen-bond acceptors (Lipinski definition) is 3. The van der Waals surface area contributed by atoms with Crippen LogP contribution in [0.1, 0.15) is 53.6 Å². The van der Waals surface area contributed by atoms with Gasteiger partial charge in [-0.1, -0.05) is 13.0 Å². The summed E-state index contributed by atoms with van der Waals surface area (Å²) in [5.41, 5.74) is 2.87. The second kappa shape index (κ2) is 4.93. The van der Waals surface area contributed by atoms with Crippen LogP contribution in [-0.4, -0.2) is 24.3 Å². The Labute approximate surface area is 118 Å². The number of ether oxygens (including phenoxy) is 1. The number of carbonyl (C=O) groups excluding carboxylic acids is 2. The molecule has 4 heteroatoms. The number of fused-ring (bicyclic) bond motifs is 1. The summed E-state index contributed by atoms with van der Waals surface area (Å²) in [6, 6.07) is 4.09. The maximum Gasteiger partial charge on any atom is 0.258 e. The van der Waals surface area contributed by atoms with Gasteiger partial charge >= 0.3 is 0 Å². The van der Waals surface area contributed by atoms with Gasteiger partial charge in [-0.05, 0) is 42.9 Å². The van der Waals surface area contributed by atoms with E-state index in [1.807, 2.05) is 13.0 Å². The summed E-state index contributed by atoms with van der Waals surface area (Å²) in [5, 5.41) is 2.87. The molecular weight excluding hydrogens is 254 g/mol. The van der Waals surface area contributed by atoms with E-state index in [-0.39, 0.29) is 24.2 Å². The molecule has 1 saturated carbocycles. The summed E-state index contributed by atoms with van der Waals surface area (Å²) in [5.74, 6) is 0.793. The number of benzene rings is 1. The SMILES string of the molecule is Cc1ccc(OCC(=O)NC2CC2)c2c1[C@H](C)CC2=O. The third kappa shape index (κ3) is 2.42. The lowest BCUT2D eigenvalue weighted by molar-refractivity contribution is -0.123. The molecule has 0 saturated heterocycles. The topological polar surface area (TPSA) is 55.4 Å². The van der Waals surface area contributed by atoms with E-state index in [9.17, 15) is 9.59 Å². The van der Waals surface area contributed by atoms with Crippen LogP contribution in [-0.2, 0) is 4.79 Å². The molecule has 1 atom stereocenters. The second-order valence-corrected chi connectivity index (χ2v) is 5.83. The lowest BCUT2D eigenvalue weighted by Crippen LogP contribution is -2.30. The van der Waals surface area contributed by atoms with Crippen molar-refractivity contribution in [2.45, 2.75) is 45.1 Å². The van der Waals surface area contributed by atoms with Gasteiger partial charge in [0.05, 0.1) is 5.56 Å². The first kappa shape index (κ1) is 13.2. The zero-order valence-corrected chi connectivity index (χ0v) is 11.9. The van der Waals surface area contributed by atoms with Crippen molar-refractivity contribution in [1.82, 2.24) is 5.32 Å². The van der Waals surface area contributed by atoms with E-state index in [0.29, 0.717) is 23.8 Å². The fourth-order valence-corrected chi connectivity index (χ4v) is 2.87. The largest absolute Gasteiger partial charge is 0.483 e. The fourth-order valence-electron chi connectivity index (χ4n) is 2.87. The highest BCUT2D eigenvalue weighted by atomic mass is 16.5. The molecule has 106 valence electrons. The third-order valence-electron chi connectivity index (χ3n) is 3.99. The molecule has 1 fully saturated rings. The predicted molar refractivity (Wildman–Crippen MR) is 75.2 cm³/mol. The van der Waals surface area contributed by atoms with Crippen LogP contribution >= 0.6 is 0 Å². The van der Waals surface area contributed by atoms with Gasteiger partial charge in [0.15, 0.2) is 12.4 Å². The highest BCUT2D eigenvalue weighted by molar-refractivity contribution is 6.04. The van der Waals surface area contributed by atoms with Crippen LogP contribution < -0.4 is 10.1 Å². The molecule has 4 nitrogen and oxygen atoms in total. The van der Waals surface area contributed by atoms with E-state index >= 15 is 0 Å².